The van der Waals surface area contributed by atoms with Gasteiger partial charge in [-0.2, -0.15) is 0 Å². The molecule has 3 heterocycles. The molecule has 1 N–H and O–H groups in total. The molecule has 0 bridgehead atoms. The lowest BCUT2D eigenvalue weighted by Crippen LogP contribution is -2.53. The smallest absolute Gasteiger partial charge is 0.290 e. The third-order valence-corrected chi connectivity index (χ3v) is 5.12. The molecule has 0 spiro atoms. The largest absolute Gasteiger partial charge is 0.459 e. The fourth-order valence-electron chi connectivity index (χ4n) is 3.52. The molecule has 1 atom stereocenters. The van der Waals surface area contributed by atoms with E-state index in [9.17, 15) is 9.59 Å². The number of hydrogen-bond donors (Lipinski definition) is 1. The molecular weight excluding hydrogens is 320 g/mol. The molecular formula is C18H28N4O3. The minimum Gasteiger partial charge on any atom is -0.459 e. The summed E-state index contributed by atoms with van der Waals surface area (Å²) in [4.78, 5) is 31.5. The van der Waals surface area contributed by atoms with E-state index in [0.717, 1.165) is 45.6 Å². The number of piperidine rings is 1. The van der Waals surface area contributed by atoms with Gasteiger partial charge < -0.3 is 19.5 Å². The van der Waals surface area contributed by atoms with Gasteiger partial charge in [-0.15, -0.1) is 0 Å². The fourth-order valence-corrected chi connectivity index (χ4v) is 3.52. The fraction of sp³-hybridized carbons (Fsp3) is 0.667. The van der Waals surface area contributed by atoms with E-state index < -0.39 is 0 Å². The van der Waals surface area contributed by atoms with Crippen molar-refractivity contribution in [3.05, 3.63) is 24.2 Å². The normalized spacial score (nSPS) is 22.8. The molecule has 1 aromatic rings. The van der Waals surface area contributed by atoms with Crippen LogP contribution in [0.3, 0.4) is 0 Å². The quantitative estimate of drug-likeness (QED) is 0.846. The minimum atomic E-state index is -0.390. The molecule has 0 aromatic carbocycles. The van der Waals surface area contributed by atoms with Crippen molar-refractivity contribution in [3.63, 3.8) is 0 Å². The van der Waals surface area contributed by atoms with Crippen LogP contribution in [0.2, 0.25) is 0 Å². The highest BCUT2D eigenvalue weighted by Crippen LogP contribution is 2.20. The summed E-state index contributed by atoms with van der Waals surface area (Å²) in [5.41, 5.74) is 0. The standard InChI is InChI=1S/C18H28N4O3/c1-20-10-12-21(13-11-20)9-7-19-17(23)15-5-2-3-8-22(15)18(24)16-6-4-14-25-16/h4,6,14-15H,2-3,5,7-13H2,1H3,(H,19,23). The van der Waals surface area contributed by atoms with Crippen LogP contribution in [0.5, 0.6) is 0 Å². The summed E-state index contributed by atoms with van der Waals surface area (Å²) in [6.07, 6.45) is 4.10. The van der Waals surface area contributed by atoms with Gasteiger partial charge in [0.15, 0.2) is 5.76 Å². The van der Waals surface area contributed by atoms with Crippen LogP contribution in [0, 0.1) is 0 Å². The first-order valence-corrected chi connectivity index (χ1v) is 9.18. The van der Waals surface area contributed by atoms with Crippen LogP contribution in [0.1, 0.15) is 29.8 Å². The molecule has 2 fully saturated rings. The Morgan fingerprint density at radius 2 is 2.00 bits per heavy atom. The summed E-state index contributed by atoms with van der Waals surface area (Å²) in [7, 11) is 2.13. The number of hydrogen-bond acceptors (Lipinski definition) is 5. The van der Waals surface area contributed by atoms with Crippen molar-refractivity contribution < 1.29 is 14.0 Å². The number of likely N-dealkylation sites (tertiary alicyclic amines) is 1. The maximum Gasteiger partial charge on any atom is 0.290 e. The third kappa shape index (κ3) is 4.61. The zero-order valence-electron chi connectivity index (χ0n) is 14.9. The number of rotatable bonds is 5. The molecule has 7 nitrogen and oxygen atoms in total. The topological polar surface area (TPSA) is 69.0 Å². The summed E-state index contributed by atoms with van der Waals surface area (Å²) in [6, 6.07) is 2.96. The van der Waals surface area contributed by atoms with Gasteiger partial charge in [0.25, 0.3) is 5.91 Å². The first-order chi connectivity index (χ1) is 12.1. The van der Waals surface area contributed by atoms with Crippen LogP contribution in [0.15, 0.2) is 22.8 Å². The summed E-state index contributed by atoms with van der Waals surface area (Å²) < 4.78 is 5.21. The zero-order chi connectivity index (χ0) is 17.6. The Morgan fingerprint density at radius 3 is 2.72 bits per heavy atom. The van der Waals surface area contributed by atoms with E-state index in [1.165, 1.54) is 6.26 Å². The van der Waals surface area contributed by atoms with Crippen LogP contribution < -0.4 is 5.32 Å². The van der Waals surface area contributed by atoms with Gasteiger partial charge in [0.2, 0.25) is 5.91 Å². The van der Waals surface area contributed by atoms with E-state index in [1.54, 1.807) is 17.0 Å². The Hall–Kier alpha value is -1.86. The molecule has 25 heavy (non-hydrogen) atoms. The van der Waals surface area contributed by atoms with Crippen molar-refractivity contribution in [2.24, 2.45) is 0 Å². The molecule has 2 aliphatic rings. The van der Waals surface area contributed by atoms with Crippen LogP contribution >= 0.6 is 0 Å². The highest BCUT2D eigenvalue weighted by atomic mass is 16.3. The molecule has 0 saturated carbocycles. The van der Waals surface area contributed by atoms with E-state index >= 15 is 0 Å². The van der Waals surface area contributed by atoms with Crippen LogP contribution in [0.25, 0.3) is 0 Å². The molecule has 2 amide bonds. The van der Waals surface area contributed by atoms with E-state index in [0.29, 0.717) is 25.3 Å². The van der Waals surface area contributed by atoms with Crippen molar-refractivity contribution in [1.82, 2.24) is 20.0 Å². The molecule has 1 aromatic heterocycles. The van der Waals surface area contributed by atoms with Gasteiger partial charge in [0, 0.05) is 45.8 Å². The first-order valence-electron chi connectivity index (χ1n) is 9.18. The summed E-state index contributed by atoms with van der Waals surface area (Å²) in [5, 5.41) is 3.02. The van der Waals surface area contributed by atoms with Gasteiger partial charge >= 0.3 is 0 Å². The van der Waals surface area contributed by atoms with E-state index in [4.69, 9.17) is 4.42 Å². The molecule has 7 heteroatoms. The monoisotopic (exact) mass is 348 g/mol. The molecule has 3 rings (SSSR count). The maximum absolute atomic E-state index is 12.6. The third-order valence-electron chi connectivity index (χ3n) is 5.12. The van der Waals surface area contributed by atoms with Gasteiger partial charge in [0.05, 0.1) is 6.26 Å². The summed E-state index contributed by atoms with van der Waals surface area (Å²) >= 11 is 0. The number of piperazine rings is 1. The van der Waals surface area contributed by atoms with E-state index in [-0.39, 0.29) is 17.9 Å². The van der Waals surface area contributed by atoms with Gasteiger partial charge in [-0.05, 0) is 38.4 Å². The van der Waals surface area contributed by atoms with E-state index in [1.807, 2.05) is 0 Å². The molecule has 2 aliphatic heterocycles. The predicted octanol–water partition coefficient (Wildman–Crippen LogP) is 0.638. The minimum absolute atomic E-state index is 0.0475. The molecule has 1 unspecified atom stereocenters. The van der Waals surface area contributed by atoms with Crippen molar-refractivity contribution in [1.29, 1.82) is 0 Å². The van der Waals surface area contributed by atoms with Gasteiger partial charge in [0.1, 0.15) is 6.04 Å². The number of furan rings is 1. The first kappa shape index (κ1) is 17.9. The number of carbonyl (C=O) groups is 2. The zero-order valence-corrected chi connectivity index (χ0v) is 14.9. The lowest BCUT2D eigenvalue weighted by atomic mass is 10.0. The number of carbonyl (C=O) groups excluding carboxylic acids is 2. The Labute approximate surface area is 148 Å². The van der Waals surface area contributed by atoms with Gasteiger partial charge in [-0.25, -0.2) is 0 Å². The molecule has 2 saturated heterocycles. The second-order valence-corrected chi connectivity index (χ2v) is 6.92. The van der Waals surface area contributed by atoms with Crippen LogP contribution in [-0.2, 0) is 4.79 Å². The van der Waals surface area contributed by atoms with Crippen LogP contribution in [0.4, 0.5) is 0 Å². The van der Waals surface area contributed by atoms with Gasteiger partial charge in [-0.1, -0.05) is 0 Å². The highest BCUT2D eigenvalue weighted by Gasteiger charge is 2.33. The lowest BCUT2D eigenvalue weighted by molar-refractivity contribution is -0.126. The Kier molecular flexibility index (Phi) is 6.09. The Balaban J connectivity index is 1.50. The van der Waals surface area contributed by atoms with Crippen molar-refractivity contribution >= 4 is 11.8 Å². The number of nitrogens with zero attached hydrogens (tertiary/aromatic N) is 3. The second-order valence-electron chi connectivity index (χ2n) is 6.92. The predicted molar refractivity (Wildman–Crippen MR) is 94.3 cm³/mol. The average molecular weight is 348 g/mol. The molecule has 138 valence electrons. The summed E-state index contributed by atoms with van der Waals surface area (Å²) in [6.45, 7) is 6.32. The number of likely N-dealkylation sites (N-methyl/N-ethyl adjacent to an activating group) is 1. The van der Waals surface area contributed by atoms with Gasteiger partial charge in [-0.3, -0.25) is 14.5 Å². The molecule has 0 aliphatic carbocycles. The van der Waals surface area contributed by atoms with E-state index in [2.05, 4.69) is 22.2 Å². The Morgan fingerprint density at radius 1 is 1.20 bits per heavy atom. The van der Waals surface area contributed by atoms with Crippen molar-refractivity contribution in [2.45, 2.75) is 25.3 Å². The van der Waals surface area contributed by atoms with Crippen molar-refractivity contribution in [3.8, 4) is 0 Å². The lowest BCUT2D eigenvalue weighted by Gasteiger charge is -2.35. The SMILES string of the molecule is CN1CCN(CCNC(=O)C2CCCCN2C(=O)c2ccco2)CC1. The second kappa shape index (κ2) is 8.49. The average Bonchev–Trinajstić information content (AvgIpc) is 3.17. The highest BCUT2D eigenvalue weighted by molar-refractivity contribution is 5.95. The van der Waals surface area contributed by atoms with Crippen LogP contribution in [-0.4, -0.2) is 85.4 Å². The summed E-state index contributed by atoms with van der Waals surface area (Å²) in [5.74, 6) is 0.0646. The molecule has 0 radical (unpaired) electrons. The number of amides is 2. The van der Waals surface area contributed by atoms with Crippen molar-refractivity contribution in [2.75, 3.05) is 52.9 Å². The maximum atomic E-state index is 12.6. The number of nitrogens with one attached hydrogen (secondary N) is 1. The Bertz CT molecular complexity index is 567.